The maximum absolute atomic E-state index is 4.61. The van der Waals surface area contributed by atoms with Gasteiger partial charge >= 0.3 is 0 Å². The zero-order valence-electron chi connectivity index (χ0n) is 12.3. The van der Waals surface area contributed by atoms with E-state index in [9.17, 15) is 0 Å². The van der Waals surface area contributed by atoms with E-state index in [2.05, 4.69) is 58.0 Å². The molecule has 0 fully saturated rings. The van der Waals surface area contributed by atoms with Crippen LogP contribution in [0, 0.1) is 6.92 Å². The smallest absolute Gasteiger partial charge is 0.226 e. The molecular weight excluding hydrogens is 300 g/mol. The first-order valence-corrected chi connectivity index (χ1v) is 8.69. The van der Waals surface area contributed by atoms with Gasteiger partial charge in [0.1, 0.15) is 10.6 Å². The highest BCUT2D eigenvalue weighted by atomic mass is 32.1. The molecule has 110 valence electrons. The van der Waals surface area contributed by atoms with Crippen molar-refractivity contribution in [2.75, 3.05) is 17.2 Å². The van der Waals surface area contributed by atoms with Crippen LogP contribution in [0.1, 0.15) is 29.6 Å². The minimum Gasteiger partial charge on any atom is -0.362 e. The van der Waals surface area contributed by atoms with Crippen LogP contribution in [0.25, 0.3) is 10.2 Å². The van der Waals surface area contributed by atoms with E-state index >= 15 is 0 Å². The van der Waals surface area contributed by atoms with Gasteiger partial charge in [0.15, 0.2) is 0 Å². The van der Waals surface area contributed by atoms with Crippen molar-refractivity contribution >= 4 is 44.7 Å². The second kappa shape index (κ2) is 5.99. The summed E-state index contributed by atoms with van der Waals surface area (Å²) in [4.78, 5) is 12.8. The molecule has 3 rings (SSSR count). The number of anilines is 2. The average molecular weight is 318 g/mol. The molecule has 6 heteroatoms. The molecule has 0 aliphatic carbocycles. The van der Waals surface area contributed by atoms with E-state index in [4.69, 9.17) is 0 Å². The van der Waals surface area contributed by atoms with Crippen molar-refractivity contribution in [2.45, 2.75) is 26.8 Å². The Morgan fingerprint density at radius 3 is 2.81 bits per heavy atom. The number of nitrogens with zero attached hydrogens (tertiary/aromatic N) is 2. The summed E-state index contributed by atoms with van der Waals surface area (Å²) in [5, 5.41) is 9.86. The Morgan fingerprint density at radius 2 is 2.10 bits per heavy atom. The van der Waals surface area contributed by atoms with Crippen molar-refractivity contribution in [1.29, 1.82) is 0 Å². The van der Waals surface area contributed by atoms with Crippen molar-refractivity contribution < 1.29 is 0 Å². The first-order valence-electron chi connectivity index (χ1n) is 6.99. The molecule has 0 aromatic carbocycles. The summed E-state index contributed by atoms with van der Waals surface area (Å²) in [6.07, 6.45) is 0. The van der Waals surface area contributed by atoms with Gasteiger partial charge < -0.3 is 10.6 Å². The fourth-order valence-corrected chi connectivity index (χ4v) is 3.81. The third kappa shape index (κ3) is 3.01. The topological polar surface area (TPSA) is 49.8 Å². The molecule has 0 aliphatic heterocycles. The van der Waals surface area contributed by atoms with Gasteiger partial charge in [0.05, 0.1) is 11.4 Å². The van der Waals surface area contributed by atoms with Crippen molar-refractivity contribution in [3.63, 3.8) is 0 Å². The van der Waals surface area contributed by atoms with Gasteiger partial charge in [-0.15, -0.1) is 22.7 Å². The fraction of sp³-hybridized carbons (Fsp3) is 0.333. The first-order chi connectivity index (χ1) is 10.2. The van der Waals surface area contributed by atoms with Crippen molar-refractivity contribution in [1.82, 2.24) is 9.97 Å². The number of fused-ring (bicyclic) bond motifs is 1. The monoisotopic (exact) mass is 318 g/mol. The maximum Gasteiger partial charge on any atom is 0.226 e. The van der Waals surface area contributed by atoms with Crippen LogP contribution in [-0.4, -0.2) is 16.5 Å². The molecule has 3 aromatic rings. The molecule has 0 saturated carbocycles. The summed E-state index contributed by atoms with van der Waals surface area (Å²) in [5.41, 5.74) is 0. The van der Waals surface area contributed by atoms with Gasteiger partial charge in [0, 0.05) is 16.3 Å². The van der Waals surface area contributed by atoms with Crippen LogP contribution < -0.4 is 10.6 Å². The lowest BCUT2D eigenvalue weighted by atomic mass is 10.2. The molecular formula is C15H18N4S2. The molecule has 21 heavy (non-hydrogen) atoms. The quantitative estimate of drug-likeness (QED) is 0.718. The highest BCUT2D eigenvalue weighted by Crippen LogP contribution is 2.30. The van der Waals surface area contributed by atoms with Gasteiger partial charge in [-0.2, -0.15) is 4.98 Å². The van der Waals surface area contributed by atoms with E-state index in [1.54, 1.807) is 11.3 Å². The van der Waals surface area contributed by atoms with Gasteiger partial charge in [-0.3, -0.25) is 0 Å². The Balaban J connectivity index is 1.93. The minimum absolute atomic E-state index is 0.233. The van der Waals surface area contributed by atoms with E-state index in [0.29, 0.717) is 5.95 Å². The number of hydrogen-bond acceptors (Lipinski definition) is 6. The average Bonchev–Trinajstić information content (AvgIpc) is 3.07. The van der Waals surface area contributed by atoms with Crippen molar-refractivity contribution in [3.8, 4) is 0 Å². The SMILES string of the molecule is CCNc1nc(NC(C)c2ccc(C)s2)c2ccsc2n1. The van der Waals surface area contributed by atoms with E-state index in [1.807, 2.05) is 18.3 Å². The van der Waals surface area contributed by atoms with Crippen LogP contribution in [0.15, 0.2) is 23.6 Å². The predicted molar refractivity (Wildman–Crippen MR) is 92.7 cm³/mol. The third-order valence-corrected chi connectivity index (χ3v) is 5.19. The molecule has 4 nitrogen and oxygen atoms in total. The minimum atomic E-state index is 0.233. The Bertz CT molecular complexity index is 747. The summed E-state index contributed by atoms with van der Waals surface area (Å²) >= 11 is 3.46. The summed E-state index contributed by atoms with van der Waals surface area (Å²) in [7, 11) is 0. The highest BCUT2D eigenvalue weighted by Gasteiger charge is 2.13. The summed E-state index contributed by atoms with van der Waals surface area (Å²) in [5.74, 6) is 1.58. The largest absolute Gasteiger partial charge is 0.362 e. The van der Waals surface area contributed by atoms with Gasteiger partial charge in [0.25, 0.3) is 0 Å². The number of thiophene rings is 2. The van der Waals surface area contributed by atoms with Crippen LogP contribution in [0.3, 0.4) is 0 Å². The second-order valence-electron chi connectivity index (χ2n) is 4.88. The lowest BCUT2D eigenvalue weighted by Crippen LogP contribution is -2.09. The Labute approximate surface area is 132 Å². The van der Waals surface area contributed by atoms with E-state index in [1.165, 1.54) is 9.75 Å². The lowest BCUT2D eigenvalue weighted by Gasteiger charge is -2.14. The molecule has 1 unspecified atom stereocenters. The van der Waals surface area contributed by atoms with Gasteiger partial charge in [-0.05, 0) is 44.4 Å². The Morgan fingerprint density at radius 1 is 1.24 bits per heavy atom. The molecule has 0 bridgehead atoms. The normalized spacial score (nSPS) is 12.5. The zero-order chi connectivity index (χ0) is 14.8. The van der Waals surface area contributed by atoms with Gasteiger partial charge in [-0.25, -0.2) is 4.98 Å². The molecule has 0 saturated heterocycles. The fourth-order valence-electron chi connectivity index (χ4n) is 2.16. The van der Waals surface area contributed by atoms with E-state index < -0.39 is 0 Å². The molecule has 1 atom stereocenters. The number of aromatic nitrogens is 2. The van der Waals surface area contributed by atoms with E-state index in [-0.39, 0.29) is 6.04 Å². The summed E-state index contributed by atoms with van der Waals surface area (Å²) in [6.45, 7) is 7.16. The molecule has 3 heterocycles. The second-order valence-corrected chi connectivity index (χ2v) is 7.09. The highest BCUT2D eigenvalue weighted by molar-refractivity contribution is 7.16. The molecule has 0 amide bonds. The number of aryl methyl sites for hydroxylation is 1. The van der Waals surface area contributed by atoms with Gasteiger partial charge in [0.2, 0.25) is 5.95 Å². The number of rotatable bonds is 5. The van der Waals surface area contributed by atoms with Crippen LogP contribution in [0.2, 0.25) is 0 Å². The van der Waals surface area contributed by atoms with Crippen LogP contribution in [-0.2, 0) is 0 Å². The molecule has 0 aliphatic rings. The van der Waals surface area contributed by atoms with Crippen LogP contribution in [0.4, 0.5) is 11.8 Å². The molecule has 3 aromatic heterocycles. The Hall–Kier alpha value is -1.66. The molecule has 0 spiro atoms. The van der Waals surface area contributed by atoms with Crippen LogP contribution >= 0.6 is 22.7 Å². The maximum atomic E-state index is 4.61. The number of nitrogens with one attached hydrogen (secondary N) is 2. The summed E-state index contributed by atoms with van der Waals surface area (Å²) in [6, 6.07) is 6.64. The predicted octanol–water partition coefficient (Wildman–Crippen LogP) is 4.67. The Kier molecular flexibility index (Phi) is 4.07. The molecule has 0 radical (unpaired) electrons. The zero-order valence-corrected chi connectivity index (χ0v) is 13.9. The molecule has 2 N–H and O–H groups in total. The van der Waals surface area contributed by atoms with Crippen LogP contribution in [0.5, 0.6) is 0 Å². The first kappa shape index (κ1) is 14.3. The van der Waals surface area contributed by atoms with Gasteiger partial charge in [-0.1, -0.05) is 0 Å². The standard InChI is InChI=1S/C15H18N4S2/c1-4-16-15-18-13(11-7-8-20-14(11)19-15)17-10(3)12-6-5-9(2)21-12/h5-8,10H,4H2,1-3H3,(H2,16,17,18,19). The summed E-state index contributed by atoms with van der Waals surface area (Å²) < 4.78 is 0. The number of hydrogen-bond donors (Lipinski definition) is 2. The van der Waals surface area contributed by atoms with Crippen molar-refractivity contribution in [3.05, 3.63) is 33.3 Å². The van der Waals surface area contributed by atoms with E-state index in [0.717, 1.165) is 22.6 Å². The van der Waals surface area contributed by atoms with Crippen molar-refractivity contribution in [2.24, 2.45) is 0 Å². The third-order valence-electron chi connectivity index (χ3n) is 3.20. The lowest BCUT2D eigenvalue weighted by molar-refractivity contribution is 0.897.